The normalized spacial score (nSPS) is 13.4. The van der Waals surface area contributed by atoms with Crippen LogP contribution in [0.5, 0.6) is 5.75 Å². The van der Waals surface area contributed by atoms with Gasteiger partial charge in [-0.2, -0.15) is 0 Å². The van der Waals surface area contributed by atoms with Crippen LogP contribution in [0.15, 0.2) is 18.2 Å². The third kappa shape index (κ3) is 5.76. The number of esters is 1. The molecule has 1 rings (SSSR count). The van der Waals surface area contributed by atoms with Crippen LogP contribution in [-0.2, 0) is 20.4 Å². The van der Waals surface area contributed by atoms with E-state index in [1.54, 1.807) is 6.92 Å². The molecule has 0 spiro atoms. The van der Waals surface area contributed by atoms with Crippen LogP contribution < -0.4 is 4.74 Å². The Morgan fingerprint density at radius 1 is 1.04 bits per heavy atom. The summed E-state index contributed by atoms with van der Waals surface area (Å²) in [5.74, 6) is 0.592. The first kappa shape index (κ1) is 21.5. The molecular weight excluding hydrogens is 312 g/mol. The molecule has 0 aliphatic heterocycles. The maximum absolute atomic E-state index is 11.7. The summed E-state index contributed by atoms with van der Waals surface area (Å²) in [4.78, 5) is 11.7. The molecule has 0 radical (unpaired) electrons. The Hall–Kier alpha value is -1.51. The van der Waals surface area contributed by atoms with E-state index in [9.17, 15) is 4.79 Å². The number of benzene rings is 1. The van der Waals surface area contributed by atoms with Gasteiger partial charge in [-0.3, -0.25) is 4.79 Å². The van der Waals surface area contributed by atoms with Crippen LogP contribution in [0, 0.1) is 0 Å². The topological polar surface area (TPSA) is 35.5 Å². The first-order valence-corrected chi connectivity index (χ1v) is 9.58. The Bertz CT molecular complexity index is 573. The van der Waals surface area contributed by atoms with Crippen molar-refractivity contribution < 1.29 is 14.3 Å². The lowest BCUT2D eigenvalue weighted by Gasteiger charge is -2.31. The van der Waals surface area contributed by atoms with E-state index in [0.29, 0.717) is 6.42 Å². The largest absolute Gasteiger partial charge is 0.455 e. The van der Waals surface area contributed by atoms with E-state index >= 15 is 0 Å². The third-order valence-electron chi connectivity index (χ3n) is 5.30. The number of hydrogen-bond acceptors (Lipinski definition) is 3. The van der Waals surface area contributed by atoms with Gasteiger partial charge in [0.05, 0.1) is 0 Å². The number of hydrogen-bond donors (Lipinski definition) is 0. The molecule has 0 saturated carbocycles. The number of ether oxygens (including phenoxy) is 2. The summed E-state index contributed by atoms with van der Waals surface area (Å²) in [5, 5.41) is 0. The molecule has 3 heteroatoms. The Labute approximate surface area is 154 Å². The van der Waals surface area contributed by atoms with E-state index in [2.05, 4.69) is 53.7 Å². The zero-order valence-electron chi connectivity index (χ0n) is 17.4. The third-order valence-corrected chi connectivity index (χ3v) is 5.30. The summed E-state index contributed by atoms with van der Waals surface area (Å²) in [7, 11) is 0. The molecule has 0 N–H and O–H groups in total. The van der Waals surface area contributed by atoms with E-state index in [0.717, 1.165) is 25.0 Å². The van der Waals surface area contributed by atoms with Crippen molar-refractivity contribution in [3.05, 3.63) is 29.3 Å². The zero-order chi connectivity index (χ0) is 19.3. The van der Waals surface area contributed by atoms with Crippen LogP contribution in [0.2, 0.25) is 0 Å². The number of carbonyl (C=O) groups excluding carboxylic acids is 1. The maximum atomic E-state index is 11.7. The van der Waals surface area contributed by atoms with E-state index in [4.69, 9.17) is 9.47 Å². The molecule has 1 unspecified atom stereocenters. The molecule has 0 aromatic heterocycles. The molecule has 0 saturated heterocycles. The van der Waals surface area contributed by atoms with Crippen LogP contribution in [0.4, 0.5) is 0 Å². The van der Waals surface area contributed by atoms with E-state index in [1.807, 2.05) is 13.0 Å². The van der Waals surface area contributed by atoms with Gasteiger partial charge in [-0.05, 0) is 41.7 Å². The molecular formula is C22H36O3. The molecule has 0 fully saturated rings. The monoisotopic (exact) mass is 348 g/mol. The molecule has 0 bridgehead atoms. The van der Waals surface area contributed by atoms with Crippen LogP contribution in [0.25, 0.3) is 0 Å². The van der Waals surface area contributed by atoms with Crippen molar-refractivity contribution >= 4 is 5.97 Å². The molecule has 1 aromatic carbocycles. The van der Waals surface area contributed by atoms with Gasteiger partial charge in [-0.25, -0.2) is 0 Å². The average molecular weight is 349 g/mol. The van der Waals surface area contributed by atoms with Crippen molar-refractivity contribution in [2.45, 2.75) is 98.2 Å². The van der Waals surface area contributed by atoms with E-state index in [-0.39, 0.29) is 16.8 Å². The van der Waals surface area contributed by atoms with Gasteiger partial charge in [0.15, 0.2) is 0 Å². The van der Waals surface area contributed by atoms with Crippen molar-refractivity contribution in [3.8, 4) is 5.75 Å². The van der Waals surface area contributed by atoms with Crippen LogP contribution in [0.1, 0.15) is 92.2 Å². The van der Waals surface area contributed by atoms with Gasteiger partial charge in [-0.15, -0.1) is 0 Å². The minimum absolute atomic E-state index is 0.0116. The van der Waals surface area contributed by atoms with Gasteiger partial charge in [0.2, 0.25) is 6.29 Å². The molecule has 3 nitrogen and oxygen atoms in total. The molecule has 1 aromatic rings. The van der Waals surface area contributed by atoms with E-state index < -0.39 is 6.29 Å². The highest BCUT2D eigenvalue weighted by atomic mass is 16.7. The molecule has 25 heavy (non-hydrogen) atoms. The lowest BCUT2D eigenvalue weighted by atomic mass is 9.76. The highest BCUT2D eigenvalue weighted by Crippen LogP contribution is 2.38. The quantitative estimate of drug-likeness (QED) is 0.398. The minimum atomic E-state index is -0.588. The maximum Gasteiger partial charge on any atom is 0.308 e. The molecule has 0 heterocycles. The molecule has 0 aliphatic rings. The van der Waals surface area contributed by atoms with Gasteiger partial charge in [-0.1, -0.05) is 60.6 Å². The molecule has 0 amide bonds. The summed E-state index contributed by atoms with van der Waals surface area (Å²) in [5.41, 5.74) is 2.60. The van der Waals surface area contributed by atoms with Crippen LogP contribution in [-0.4, -0.2) is 12.3 Å². The van der Waals surface area contributed by atoms with Crippen molar-refractivity contribution in [2.24, 2.45) is 0 Å². The SMILES string of the molecule is CCCC(=O)OC(C)Oc1ccc(C(C)(C)CC)cc1C(C)(C)CC. The van der Waals surface area contributed by atoms with Gasteiger partial charge in [0.1, 0.15) is 5.75 Å². The van der Waals surface area contributed by atoms with Crippen LogP contribution in [0.3, 0.4) is 0 Å². The Morgan fingerprint density at radius 2 is 1.64 bits per heavy atom. The first-order valence-electron chi connectivity index (χ1n) is 9.58. The smallest absolute Gasteiger partial charge is 0.308 e. The zero-order valence-corrected chi connectivity index (χ0v) is 17.4. The van der Waals surface area contributed by atoms with Gasteiger partial charge < -0.3 is 9.47 Å². The van der Waals surface area contributed by atoms with Crippen molar-refractivity contribution in [1.29, 1.82) is 0 Å². The second-order valence-electron chi connectivity index (χ2n) is 8.11. The second kappa shape index (κ2) is 8.73. The fourth-order valence-electron chi connectivity index (χ4n) is 2.63. The summed E-state index contributed by atoms with van der Waals surface area (Å²) in [6.45, 7) is 17.1. The highest BCUT2D eigenvalue weighted by Gasteiger charge is 2.27. The standard InChI is InChI=1S/C22H36O3/c1-9-12-20(23)25-16(4)24-19-14-13-17(21(5,6)10-2)15-18(19)22(7,8)11-3/h13-16H,9-12H2,1-8H3. The van der Waals surface area contributed by atoms with E-state index in [1.165, 1.54) is 11.1 Å². The number of carbonyl (C=O) groups is 1. The Kier molecular flexibility index (Phi) is 7.52. The summed E-state index contributed by atoms with van der Waals surface area (Å²) >= 11 is 0. The lowest BCUT2D eigenvalue weighted by molar-refractivity contribution is -0.161. The summed E-state index contributed by atoms with van der Waals surface area (Å²) < 4.78 is 11.4. The first-order chi connectivity index (χ1) is 11.6. The molecule has 142 valence electrons. The second-order valence-corrected chi connectivity index (χ2v) is 8.11. The molecule has 1 atom stereocenters. The summed E-state index contributed by atoms with van der Waals surface area (Å²) in [6, 6.07) is 6.43. The minimum Gasteiger partial charge on any atom is -0.455 e. The Morgan fingerprint density at radius 3 is 2.16 bits per heavy atom. The fraction of sp³-hybridized carbons (Fsp3) is 0.682. The van der Waals surface area contributed by atoms with Crippen LogP contribution >= 0.6 is 0 Å². The van der Waals surface area contributed by atoms with Crippen molar-refractivity contribution in [3.63, 3.8) is 0 Å². The van der Waals surface area contributed by atoms with Gasteiger partial charge in [0, 0.05) is 18.9 Å². The lowest BCUT2D eigenvalue weighted by Crippen LogP contribution is -2.25. The van der Waals surface area contributed by atoms with Crippen molar-refractivity contribution in [1.82, 2.24) is 0 Å². The fourth-order valence-corrected chi connectivity index (χ4v) is 2.63. The highest BCUT2D eigenvalue weighted by molar-refractivity contribution is 5.69. The van der Waals surface area contributed by atoms with Gasteiger partial charge >= 0.3 is 5.97 Å². The predicted octanol–water partition coefficient (Wildman–Crippen LogP) is 6.13. The molecule has 0 aliphatic carbocycles. The van der Waals surface area contributed by atoms with Gasteiger partial charge in [0.25, 0.3) is 0 Å². The predicted molar refractivity (Wildman–Crippen MR) is 104 cm³/mol. The Balaban J connectivity index is 3.16. The van der Waals surface area contributed by atoms with Crippen molar-refractivity contribution in [2.75, 3.05) is 0 Å². The number of rotatable bonds is 9. The summed E-state index contributed by atoms with van der Waals surface area (Å²) in [6.07, 6.45) is 2.69. The average Bonchev–Trinajstić information content (AvgIpc) is 2.54.